The normalized spacial score (nSPS) is 39.3. The van der Waals surface area contributed by atoms with Crippen LogP contribution >= 0.6 is 0 Å². The maximum Gasteiger partial charge on any atom is 0.407 e. The molecular weight excluding hydrogens is 412 g/mol. The van der Waals surface area contributed by atoms with E-state index in [0.29, 0.717) is 38.8 Å². The van der Waals surface area contributed by atoms with Gasteiger partial charge in [-0.15, -0.1) is 6.58 Å². The van der Waals surface area contributed by atoms with Crippen molar-refractivity contribution in [1.29, 1.82) is 0 Å². The first kappa shape index (κ1) is 25.0. The molecule has 182 valence electrons. The minimum Gasteiger partial charge on any atom is -0.446 e. The molecule has 8 nitrogen and oxygen atoms in total. The van der Waals surface area contributed by atoms with E-state index in [1.807, 2.05) is 6.92 Å². The topological polar surface area (TPSA) is 119 Å². The van der Waals surface area contributed by atoms with Crippen molar-refractivity contribution >= 4 is 12.0 Å². The van der Waals surface area contributed by atoms with E-state index in [-0.39, 0.29) is 48.8 Å². The van der Waals surface area contributed by atoms with E-state index in [4.69, 9.17) is 4.74 Å². The highest BCUT2D eigenvalue weighted by Crippen LogP contribution is 2.61. The molecule has 1 heterocycles. The van der Waals surface area contributed by atoms with Gasteiger partial charge in [0.1, 0.15) is 6.10 Å². The fourth-order valence-electron chi connectivity index (χ4n) is 6.77. The maximum atomic E-state index is 13.2. The number of carbonyl (C=O) groups is 2. The van der Waals surface area contributed by atoms with Gasteiger partial charge in [0.15, 0.2) is 0 Å². The number of nitrogens with zero attached hydrogens (tertiary/aromatic N) is 1. The van der Waals surface area contributed by atoms with Crippen LogP contribution in [0.25, 0.3) is 0 Å². The molecule has 0 bridgehead atoms. The highest BCUT2D eigenvalue weighted by molar-refractivity contribution is 5.77. The van der Waals surface area contributed by atoms with Gasteiger partial charge in [-0.05, 0) is 55.8 Å². The molecule has 3 fully saturated rings. The summed E-state index contributed by atoms with van der Waals surface area (Å²) in [6.07, 6.45) is 4.47. The summed E-state index contributed by atoms with van der Waals surface area (Å²) in [5.41, 5.74) is -1.03. The SMILES string of the molecule is C=CCNC(=O)O[C@@H]1CC[C@]2(C)[C@@H](CC[C@@H](O)[C@H]2CC(=O)N2CCC[C@H]2CO)[C@]1(C)CO. The summed E-state index contributed by atoms with van der Waals surface area (Å²) in [5, 5.41) is 33.6. The van der Waals surface area contributed by atoms with Crippen LogP contribution in [0.1, 0.15) is 58.8 Å². The molecular formula is C24H40N2O6. The molecule has 3 aliphatic rings. The number of aliphatic hydroxyl groups excluding tert-OH is 3. The number of rotatable bonds is 7. The molecule has 8 heteroatoms. The molecule has 2 aliphatic carbocycles. The zero-order chi connectivity index (χ0) is 23.5. The van der Waals surface area contributed by atoms with Gasteiger partial charge < -0.3 is 30.3 Å². The largest absolute Gasteiger partial charge is 0.446 e. The Kier molecular flexibility index (Phi) is 7.89. The first-order chi connectivity index (χ1) is 15.2. The minimum atomic E-state index is -0.665. The van der Waals surface area contributed by atoms with Crippen LogP contribution in [0.4, 0.5) is 4.79 Å². The molecule has 0 radical (unpaired) electrons. The van der Waals surface area contributed by atoms with Crippen molar-refractivity contribution in [3.8, 4) is 0 Å². The molecule has 0 spiro atoms. The number of fused-ring (bicyclic) bond motifs is 1. The molecule has 1 saturated heterocycles. The number of hydrogen-bond donors (Lipinski definition) is 4. The summed E-state index contributed by atoms with van der Waals surface area (Å²) in [5.74, 6) is -0.255. The van der Waals surface area contributed by atoms with Gasteiger partial charge in [0, 0.05) is 24.9 Å². The molecule has 4 N–H and O–H groups in total. The molecule has 0 aromatic heterocycles. The third-order valence-corrected chi connectivity index (χ3v) is 8.62. The predicted octanol–water partition coefficient (Wildman–Crippen LogP) is 1.83. The van der Waals surface area contributed by atoms with Crippen molar-refractivity contribution in [3.63, 3.8) is 0 Å². The molecule has 0 aromatic rings. The number of carbonyl (C=O) groups excluding carboxylic acids is 2. The van der Waals surface area contributed by atoms with Crippen LogP contribution in [0.5, 0.6) is 0 Å². The van der Waals surface area contributed by atoms with Gasteiger partial charge in [-0.3, -0.25) is 4.79 Å². The quantitative estimate of drug-likeness (QED) is 0.438. The molecule has 0 unspecified atom stereocenters. The smallest absolute Gasteiger partial charge is 0.407 e. The van der Waals surface area contributed by atoms with E-state index in [2.05, 4.69) is 18.8 Å². The maximum absolute atomic E-state index is 13.2. The highest BCUT2D eigenvalue weighted by Gasteiger charge is 2.60. The monoisotopic (exact) mass is 452 g/mol. The van der Waals surface area contributed by atoms with E-state index in [9.17, 15) is 24.9 Å². The number of hydrogen-bond acceptors (Lipinski definition) is 6. The lowest BCUT2D eigenvalue weighted by atomic mass is 9.46. The van der Waals surface area contributed by atoms with E-state index >= 15 is 0 Å². The Balaban J connectivity index is 1.79. The summed E-state index contributed by atoms with van der Waals surface area (Å²) >= 11 is 0. The Bertz CT molecular complexity index is 702. The average molecular weight is 453 g/mol. The Hall–Kier alpha value is -1.64. The van der Waals surface area contributed by atoms with Crippen LogP contribution in [0, 0.1) is 22.7 Å². The van der Waals surface area contributed by atoms with Gasteiger partial charge >= 0.3 is 6.09 Å². The Morgan fingerprint density at radius 3 is 2.62 bits per heavy atom. The Morgan fingerprint density at radius 1 is 1.22 bits per heavy atom. The van der Waals surface area contributed by atoms with Crippen molar-refractivity contribution in [1.82, 2.24) is 10.2 Å². The van der Waals surface area contributed by atoms with Crippen molar-refractivity contribution in [2.45, 2.75) is 77.0 Å². The lowest BCUT2D eigenvalue weighted by Crippen LogP contribution is -2.61. The predicted molar refractivity (Wildman–Crippen MR) is 120 cm³/mol. The number of ether oxygens (including phenoxy) is 1. The minimum absolute atomic E-state index is 0.000582. The fourth-order valence-corrected chi connectivity index (χ4v) is 6.77. The molecule has 32 heavy (non-hydrogen) atoms. The molecule has 2 saturated carbocycles. The summed E-state index contributed by atoms with van der Waals surface area (Å²) in [7, 11) is 0. The van der Waals surface area contributed by atoms with Crippen LogP contribution in [0.2, 0.25) is 0 Å². The third kappa shape index (κ3) is 4.54. The molecule has 2 amide bonds. The van der Waals surface area contributed by atoms with Crippen LogP contribution < -0.4 is 5.32 Å². The Morgan fingerprint density at radius 2 is 1.97 bits per heavy atom. The number of alkyl carbamates (subject to hydrolysis) is 1. The molecule has 3 rings (SSSR count). The standard InChI is InChI=1S/C24H40N2O6/c1-4-11-25-22(31)32-20-9-10-23(2)17(13-21(30)26-12-5-6-16(26)14-27)18(29)7-8-19(23)24(20,3)15-28/h4,16-20,27-29H,1,5-15H2,2-3H3,(H,25,31)/t16-,17+,18+,19+,20+,23-,24-/m0/s1. The molecule has 0 aromatic carbocycles. The van der Waals surface area contributed by atoms with Gasteiger partial charge in [-0.25, -0.2) is 4.79 Å². The number of likely N-dealkylation sites (tertiary alicyclic amines) is 1. The lowest BCUT2D eigenvalue weighted by molar-refractivity contribution is -0.187. The van der Waals surface area contributed by atoms with Gasteiger partial charge in [0.2, 0.25) is 5.91 Å². The first-order valence-electron chi connectivity index (χ1n) is 12.0. The van der Waals surface area contributed by atoms with E-state index in [1.54, 1.807) is 11.0 Å². The van der Waals surface area contributed by atoms with E-state index in [0.717, 1.165) is 12.8 Å². The second-order valence-corrected chi connectivity index (χ2v) is 10.3. The fraction of sp³-hybridized carbons (Fsp3) is 0.833. The third-order valence-electron chi connectivity index (χ3n) is 8.62. The summed E-state index contributed by atoms with van der Waals surface area (Å²) in [4.78, 5) is 27.1. The highest BCUT2D eigenvalue weighted by atomic mass is 16.6. The van der Waals surface area contributed by atoms with E-state index < -0.39 is 23.7 Å². The number of amides is 2. The molecule has 7 atom stereocenters. The van der Waals surface area contributed by atoms with Crippen molar-refractivity contribution < 1.29 is 29.6 Å². The van der Waals surface area contributed by atoms with Crippen molar-refractivity contribution in [2.24, 2.45) is 22.7 Å². The van der Waals surface area contributed by atoms with Gasteiger partial charge in [-0.2, -0.15) is 0 Å². The lowest BCUT2D eigenvalue weighted by Gasteiger charge is -2.60. The molecule has 1 aliphatic heterocycles. The second kappa shape index (κ2) is 10.1. The van der Waals surface area contributed by atoms with Crippen LogP contribution in [-0.2, 0) is 9.53 Å². The number of nitrogens with one attached hydrogen (secondary N) is 1. The van der Waals surface area contributed by atoms with Crippen molar-refractivity contribution in [2.75, 3.05) is 26.3 Å². The average Bonchev–Trinajstić information content (AvgIpc) is 3.26. The zero-order valence-electron chi connectivity index (χ0n) is 19.5. The van der Waals surface area contributed by atoms with Crippen molar-refractivity contribution in [3.05, 3.63) is 12.7 Å². The van der Waals surface area contributed by atoms with Gasteiger partial charge in [0.25, 0.3) is 0 Å². The second-order valence-electron chi connectivity index (χ2n) is 10.3. The van der Waals surface area contributed by atoms with E-state index in [1.165, 1.54) is 0 Å². The van der Waals surface area contributed by atoms with Crippen LogP contribution in [0.3, 0.4) is 0 Å². The van der Waals surface area contributed by atoms with Crippen LogP contribution in [-0.4, -0.2) is 76.8 Å². The van der Waals surface area contributed by atoms with Gasteiger partial charge in [0.05, 0.1) is 25.4 Å². The number of aliphatic hydroxyl groups is 3. The zero-order valence-corrected chi connectivity index (χ0v) is 19.5. The van der Waals surface area contributed by atoms with Gasteiger partial charge in [-0.1, -0.05) is 19.9 Å². The Labute approximate surface area is 191 Å². The summed E-state index contributed by atoms with van der Waals surface area (Å²) in [6, 6.07) is -0.132. The first-order valence-corrected chi connectivity index (χ1v) is 12.0. The summed E-state index contributed by atoms with van der Waals surface area (Å²) < 4.78 is 5.72. The summed E-state index contributed by atoms with van der Waals surface area (Å²) in [6.45, 7) is 8.45. The van der Waals surface area contributed by atoms with Crippen LogP contribution in [0.15, 0.2) is 12.7 Å².